The summed E-state index contributed by atoms with van der Waals surface area (Å²) in [6.07, 6.45) is 1.74. The third kappa shape index (κ3) is 4.25. The molecule has 9 nitrogen and oxygen atoms in total. The van der Waals surface area contributed by atoms with Crippen molar-refractivity contribution >= 4 is 50.9 Å². The molecule has 37 heavy (non-hydrogen) atoms. The highest BCUT2D eigenvalue weighted by Gasteiger charge is 2.26. The molecule has 3 heterocycles. The van der Waals surface area contributed by atoms with Gasteiger partial charge in [0.25, 0.3) is 0 Å². The number of carbonyl (C=O) groups excluding carboxylic acids is 1. The number of amides is 1. The maximum absolute atomic E-state index is 11.7. The van der Waals surface area contributed by atoms with E-state index in [0.29, 0.717) is 17.2 Å². The zero-order valence-electron chi connectivity index (χ0n) is 20.4. The molecule has 2 aromatic heterocycles. The number of nitrogens with zero attached hydrogens (tertiary/aromatic N) is 5. The molecule has 0 bridgehead atoms. The first-order valence-electron chi connectivity index (χ1n) is 12.3. The molecule has 0 aliphatic carbocycles. The van der Waals surface area contributed by atoms with Gasteiger partial charge in [0.05, 0.1) is 29.0 Å². The fourth-order valence-electron chi connectivity index (χ4n) is 5.43. The van der Waals surface area contributed by atoms with Gasteiger partial charge in [-0.1, -0.05) is 35.9 Å². The van der Waals surface area contributed by atoms with Crippen LogP contribution in [0.4, 0.5) is 11.4 Å². The lowest BCUT2D eigenvalue weighted by molar-refractivity contribution is -0.114. The normalized spacial score (nSPS) is 14.5. The number of hydrogen-bond donors (Lipinski definition) is 3. The molecule has 5 aromatic rings. The maximum Gasteiger partial charge on any atom is 0.221 e. The van der Waals surface area contributed by atoms with Crippen LogP contribution in [0.15, 0.2) is 60.7 Å². The lowest BCUT2D eigenvalue weighted by Gasteiger charge is -2.35. The van der Waals surface area contributed by atoms with Gasteiger partial charge in [-0.15, -0.1) is 0 Å². The number of anilines is 2. The number of aromatic nitrogens is 5. The summed E-state index contributed by atoms with van der Waals surface area (Å²) in [5, 5.41) is 24.0. The molecule has 10 heteroatoms. The van der Waals surface area contributed by atoms with Crippen LogP contribution in [0, 0.1) is 5.41 Å². The van der Waals surface area contributed by atoms with Crippen molar-refractivity contribution in [3.05, 3.63) is 76.9 Å². The van der Waals surface area contributed by atoms with Crippen molar-refractivity contribution in [2.45, 2.75) is 32.4 Å². The molecule has 1 aliphatic heterocycles. The summed E-state index contributed by atoms with van der Waals surface area (Å²) in [4.78, 5) is 14.0. The van der Waals surface area contributed by atoms with E-state index in [2.05, 4.69) is 46.9 Å². The maximum atomic E-state index is 11.7. The predicted octanol–water partition coefficient (Wildman–Crippen LogP) is 4.70. The number of halogens is 1. The van der Waals surface area contributed by atoms with E-state index < -0.39 is 0 Å². The fraction of sp³-hybridized carbons (Fsp3) is 0.259. The Morgan fingerprint density at radius 2 is 1.86 bits per heavy atom. The minimum Gasteiger partial charge on any atom is -0.370 e. The third-order valence-electron chi connectivity index (χ3n) is 7.12. The van der Waals surface area contributed by atoms with Crippen LogP contribution in [0.25, 0.3) is 22.1 Å². The number of piperidine rings is 1. The van der Waals surface area contributed by atoms with Gasteiger partial charge in [0.1, 0.15) is 11.0 Å². The molecule has 3 aromatic carbocycles. The number of hydrogen-bond acceptors (Lipinski definition) is 5. The monoisotopic (exact) mass is 514 g/mol. The number of aromatic amines is 1. The molecule has 0 radical (unpaired) electrons. The second kappa shape index (κ2) is 9.40. The van der Waals surface area contributed by atoms with E-state index in [1.165, 1.54) is 6.92 Å². The molecule has 0 saturated carbocycles. The van der Waals surface area contributed by atoms with Crippen LogP contribution in [0.3, 0.4) is 0 Å². The summed E-state index contributed by atoms with van der Waals surface area (Å²) in [6, 6.07) is 19.9. The first-order valence-corrected chi connectivity index (χ1v) is 12.7. The van der Waals surface area contributed by atoms with Gasteiger partial charge < -0.3 is 19.4 Å². The summed E-state index contributed by atoms with van der Waals surface area (Å²) >= 11 is 6.30. The van der Waals surface area contributed by atoms with Crippen molar-refractivity contribution in [2.24, 2.45) is 0 Å². The molecule has 6 rings (SSSR count). The van der Waals surface area contributed by atoms with Gasteiger partial charge in [0.2, 0.25) is 11.5 Å². The van der Waals surface area contributed by atoms with Crippen LogP contribution in [-0.2, 0) is 11.3 Å². The van der Waals surface area contributed by atoms with Crippen molar-refractivity contribution < 1.29 is 4.79 Å². The standard InChI is InChI=1S/C27H27ClN8O/c1-17(37)30-21-10-9-19(28)15-25(21)34-13-11-20(12-14-34)36-24-8-3-2-7-23(24)35(27(36)29)16-18-5-4-6-22-26(18)32-33-31-22/h2-10,15,20,29H,11-14,16H2,1H3,(H,30,37)(H,31,32,33). The Hall–Kier alpha value is -4.11. The molecule has 188 valence electrons. The van der Waals surface area contributed by atoms with E-state index in [1.54, 1.807) is 6.07 Å². The average molecular weight is 515 g/mol. The number of H-pyrrole nitrogens is 1. The largest absolute Gasteiger partial charge is 0.370 e. The Morgan fingerprint density at radius 1 is 1.08 bits per heavy atom. The van der Waals surface area contributed by atoms with Gasteiger partial charge in [0, 0.05) is 36.6 Å². The van der Waals surface area contributed by atoms with E-state index in [4.69, 9.17) is 11.6 Å². The molecule has 0 unspecified atom stereocenters. The molecule has 3 N–H and O–H groups in total. The number of imidazole rings is 1. The number of para-hydroxylation sites is 3. The summed E-state index contributed by atoms with van der Waals surface area (Å²) < 4.78 is 4.22. The molecule has 1 aliphatic rings. The number of fused-ring (bicyclic) bond motifs is 2. The highest BCUT2D eigenvalue weighted by Crippen LogP contribution is 2.34. The van der Waals surface area contributed by atoms with Crippen molar-refractivity contribution in [2.75, 3.05) is 23.3 Å². The molecule has 0 spiro atoms. The minimum atomic E-state index is -0.109. The van der Waals surface area contributed by atoms with Gasteiger partial charge in [-0.05, 0) is 49.2 Å². The summed E-state index contributed by atoms with van der Waals surface area (Å²) in [5.74, 6) is -0.109. The molecule has 1 amide bonds. The van der Waals surface area contributed by atoms with Crippen LogP contribution in [0.1, 0.15) is 31.4 Å². The second-order valence-corrected chi connectivity index (χ2v) is 9.87. The van der Waals surface area contributed by atoms with Crippen LogP contribution < -0.4 is 15.8 Å². The molecular formula is C27H27ClN8O. The first kappa shape index (κ1) is 23.3. The van der Waals surface area contributed by atoms with E-state index in [1.807, 2.05) is 42.5 Å². The van der Waals surface area contributed by atoms with E-state index in [-0.39, 0.29) is 11.9 Å². The van der Waals surface area contributed by atoms with E-state index in [9.17, 15) is 10.2 Å². The number of nitrogens with one attached hydrogen (secondary N) is 3. The minimum absolute atomic E-state index is 0.109. The Morgan fingerprint density at radius 3 is 2.65 bits per heavy atom. The van der Waals surface area contributed by atoms with Crippen LogP contribution in [0.2, 0.25) is 5.02 Å². The highest BCUT2D eigenvalue weighted by molar-refractivity contribution is 6.31. The van der Waals surface area contributed by atoms with Crippen molar-refractivity contribution in [1.29, 1.82) is 5.41 Å². The average Bonchev–Trinajstić information content (AvgIpc) is 3.49. The first-order chi connectivity index (χ1) is 18.0. The molecule has 1 fully saturated rings. The van der Waals surface area contributed by atoms with Crippen molar-refractivity contribution in [3.63, 3.8) is 0 Å². The Bertz CT molecular complexity index is 1680. The van der Waals surface area contributed by atoms with Crippen molar-refractivity contribution in [3.8, 4) is 0 Å². The van der Waals surface area contributed by atoms with Gasteiger partial charge in [-0.25, -0.2) is 0 Å². The van der Waals surface area contributed by atoms with E-state index in [0.717, 1.165) is 64.9 Å². The van der Waals surface area contributed by atoms with Crippen molar-refractivity contribution in [1.82, 2.24) is 24.5 Å². The van der Waals surface area contributed by atoms with E-state index >= 15 is 0 Å². The van der Waals surface area contributed by atoms with Crippen LogP contribution in [0.5, 0.6) is 0 Å². The summed E-state index contributed by atoms with van der Waals surface area (Å²) in [6.45, 7) is 3.64. The smallest absolute Gasteiger partial charge is 0.221 e. The van der Waals surface area contributed by atoms with Gasteiger partial charge >= 0.3 is 0 Å². The number of carbonyl (C=O) groups is 1. The Balaban J connectivity index is 1.31. The predicted molar refractivity (Wildman–Crippen MR) is 145 cm³/mol. The van der Waals surface area contributed by atoms with Crippen LogP contribution in [-0.4, -0.2) is 43.5 Å². The number of benzene rings is 3. The second-order valence-electron chi connectivity index (χ2n) is 9.44. The Labute approximate surface area is 218 Å². The lowest BCUT2D eigenvalue weighted by Crippen LogP contribution is -2.38. The van der Waals surface area contributed by atoms with Gasteiger partial charge in [-0.2, -0.15) is 15.4 Å². The zero-order chi connectivity index (χ0) is 25.5. The summed E-state index contributed by atoms with van der Waals surface area (Å²) in [5.41, 5.74) is 6.92. The quantitative estimate of drug-likeness (QED) is 0.316. The highest BCUT2D eigenvalue weighted by atomic mass is 35.5. The van der Waals surface area contributed by atoms with Gasteiger partial charge in [0.15, 0.2) is 0 Å². The molecule has 0 atom stereocenters. The molecule has 1 saturated heterocycles. The summed E-state index contributed by atoms with van der Waals surface area (Å²) in [7, 11) is 0. The third-order valence-corrected chi connectivity index (χ3v) is 7.35. The molecular weight excluding hydrogens is 488 g/mol. The fourth-order valence-corrected chi connectivity index (χ4v) is 5.60. The van der Waals surface area contributed by atoms with Gasteiger partial charge in [-0.3, -0.25) is 10.2 Å². The SMILES string of the molecule is CC(=O)Nc1ccc(Cl)cc1N1CCC(n2c(=N)n(Cc3cccc4n[nH]nc34)c3ccccc32)CC1. The number of rotatable bonds is 5. The zero-order valence-corrected chi connectivity index (χ0v) is 21.2. The topological polar surface area (TPSA) is 108 Å². The Kier molecular flexibility index (Phi) is 5.92. The lowest BCUT2D eigenvalue weighted by atomic mass is 10.0. The van der Waals surface area contributed by atoms with Crippen LogP contribution >= 0.6 is 11.6 Å².